The minimum absolute atomic E-state index is 0.000926. The number of benzene rings is 1. The van der Waals surface area contributed by atoms with Crippen LogP contribution in [0, 0.1) is 0 Å². The molecule has 1 aromatic rings. The van der Waals surface area contributed by atoms with Gasteiger partial charge < -0.3 is 15.2 Å². The van der Waals surface area contributed by atoms with Gasteiger partial charge in [-0.05, 0) is 30.5 Å². The van der Waals surface area contributed by atoms with Crippen molar-refractivity contribution in [3.05, 3.63) is 28.8 Å². The standard InChI is InChI=1S/C20H32ClNO3/c1-4-6-7-8-9-10-11-19(23)22-17(5-2)20(24)15-12-13-18(25-3)16(21)14-15/h12-14,17,20,24H,4-11H2,1-3H3,(H,22,23)/t17?,20-/m1/s1. The second-order valence-electron chi connectivity index (χ2n) is 6.44. The molecular weight excluding hydrogens is 338 g/mol. The molecule has 0 aromatic heterocycles. The van der Waals surface area contributed by atoms with Crippen molar-refractivity contribution >= 4 is 17.5 Å². The zero-order valence-corrected chi connectivity index (χ0v) is 16.4. The lowest BCUT2D eigenvalue weighted by molar-refractivity contribution is -0.122. The lowest BCUT2D eigenvalue weighted by atomic mass is 9.99. The van der Waals surface area contributed by atoms with Gasteiger partial charge in [0.25, 0.3) is 0 Å². The number of carbonyl (C=O) groups is 1. The minimum atomic E-state index is -0.790. The summed E-state index contributed by atoms with van der Waals surface area (Å²) in [5.74, 6) is 0.568. The number of ether oxygens (including phenoxy) is 1. The molecule has 2 atom stereocenters. The zero-order valence-electron chi connectivity index (χ0n) is 15.7. The Morgan fingerprint density at radius 2 is 1.88 bits per heavy atom. The van der Waals surface area contributed by atoms with Gasteiger partial charge in [0.15, 0.2) is 0 Å². The van der Waals surface area contributed by atoms with E-state index in [1.165, 1.54) is 25.7 Å². The summed E-state index contributed by atoms with van der Waals surface area (Å²) < 4.78 is 5.13. The van der Waals surface area contributed by atoms with Crippen LogP contribution in [0.25, 0.3) is 0 Å². The van der Waals surface area contributed by atoms with Gasteiger partial charge in [-0.1, -0.05) is 63.6 Å². The zero-order chi connectivity index (χ0) is 18.7. The number of aliphatic hydroxyl groups excluding tert-OH is 1. The fraction of sp³-hybridized carbons (Fsp3) is 0.650. The van der Waals surface area contributed by atoms with E-state index in [4.69, 9.17) is 16.3 Å². The average molecular weight is 370 g/mol. The molecule has 0 saturated carbocycles. The highest BCUT2D eigenvalue weighted by Crippen LogP contribution is 2.29. The first-order valence-electron chi connectivity index (χ1n) is 9.34. The number of methoxy groups -OCH3 is 1. The lowest BCUT2D eigenvalue weighted by Crippen LogP contribution is -2.38. The van der Waals surface area contributed by atoms with Crippen molar-refractivity contribution in [3.8, 4) is 5.75 Å². The fourth-order valence-corrected chi connectivity index (χ4v) is 3.11. The third-order valence-corrected chi connectivity index (χ3v) is 4.74. The Morgan fingerprint density at radius 3 is 2.48 bits per heavy atom. The molecule has 0 aliphatic rings. The van der Waals surface area contributed by atoms with Gasteiger partial charge in [-0.2, -0.15) is 0 Å². The normalized spacial score (nSPS) is 13.3. The maximum atomic E-state index is 12.1. The van der Waals surface area contributed by atoms with Crippen LogP contribution in [0.15, 0.2) is 18.2 Å². The van der Waals surface area contributed by atoms with Crippen molar-refractivity contribution in [1.29, 1.82) is 0 Å². The summed E-state index contributed by atoms with van der Waals surface area (Å²) >= 11 is 6.12. The molecule has 0 aliphatic carbocycles. The molecule has 1 rings (SSSR count). The molecule has 0 aliphatic heterocycles. The van der Waals surface area contributed by atoms with Crippen LogP contribution in [0.1, 0.15) is 76.9 Å². The van der Waals surface area contributed by atoms with Crippen LogP contribution in [0.2, 0.25) is 5.02 Å². The van der Waals surface area contributed by atoms with Gasteiger partial charge in [-0.25, -0.2) is 0 Å². The van der Waals surface area contributed by atoms with E-state index >= 15 is 0 Å². The summed E-state index contributed by atoms with van der Waals surface area (Å²) in [5.41, 5.74) is 0.678. The average Bonchev–Trinajstić information content (AvgIpc) is 2.61. The van der Waals surface area contributed by atoms with E-state index in [0.29, 0.717) is 29.2 Å². The number of unbranched alkanes of at least 4 members (excludes halogenated alkanes) is 5. The van der Waals surface area contributed by atoms with Gasteiger partial charge in [-0.15, -0.1) is 0 Å². The number of aliphatic hydroxyl groups is 1. The van der Waals surface area contributed by atoms with Crippen LogP contribution in [-0.2, 0) is 4.79 Å². The molecular formula is C20H32ClNO3. The van der Waals surface area contributed by atoms with Crippen molar-refractivity contribution in [2.75, 3.05) is 7.11 Å². The second kappa shape index (κ2) is 12.2. The molecule has 2 N–H and O–H groups in total. The number of hydrogen-bond acceptors (Lipinski definition) is 3. The Labute approximate surface area is 156 Å². The molecule has 25 heavy (non-hydrogen) atoms. The Balaban J connectivity index is 2.48. The summed E-state index contributed by atoms with van der Waals surface area (Å²) in [6.45, 7) is 4.14. The monoisotopic (exact) mass is 369 g/mol. The fourth-order valence-electron chi connectivity index (χ4n) is 2.85. The van der Waals surface area contributed by atoms with Crippen molar-refractivity contribution in [2.24, 2.45) is 0 Å². The van der Waals surface area contributed by atoms with Crippen LogP contribution in [0.5, 0.6) is 5.75 Å². The van der Waals surface area contributed by atoms with Gasteiger partial charge in [0.05, 0.1) is 24.3 Å². The van der Waals surface area contributed by atoms with Gasteiger partial charge in [0, 0.05) is 6.42 Å². The van der Waals surface area contributed by atoms with Gasteiger partial charge >= 0.3 is 0 Å². The molecule has 1 amide bonds. The van der Waals surface area contributed by atoms with Crippen molar-refractivity contribution in [1.82, 2.24) is 5.32 Å². The molecule has 142 valence electrons. The summed E-state index contributed by atoms with van der Waals surface area (Å²) in [5, 5.41) is 14.0. The predicted octanol–water partition coefficient (Wildman–Crippen LogP) is 5.03. The highest BCUT2D eigenvalue weighted by atomic mass is 35.5. The smallest absolute Gasteiger partial charge is 0.220 e. The highest BCUT2D eigenvalue weighted by molar-refractivity contribution is 6.32. The minimum Gasteiger partial charge on any atom is -0.495 e. The molecule has 4 nitrogen and oxygen atoms in total. The molecule has 1 unspecified atom stereocenters. The molecule has 0 saturated heterocycles. The van der Waals surface area contributed by atoms with Crippen molar-refractivity contribution in [3.63, 3.8) is 0 Å². The SMILES string of the molecule is CCCCCCCCC(=O)NC(CC)[C@H](O)c1ccc(OC)c(Cl)c1. The number of amides is 1. The maximum absolute atomic E-state index is 12.1. The molecule has 0 spiro atoms. The molecule has 0 radical (unpaired) electrons. The Hall–Kier alpha value is -1.26. The summed E-state index contributed by atoms with van der Waals surface area (Å²) in [6.07, 6.45) is 7.27. The molecule has 0 bridgehead atoms. The van der Waals surface area contributed by atoms with Gasteiger partial charge in [0.1, 0.15) is 5.75 Å². The van der Waals surface area contributed by atoms with E-state index in [1.54, 1.807) is 25.3 Å². The molecule has 0 heterocycles. The summed E-state index contributed by atoms with van der Waals surface area (Å²) in [4.78, 5) is 12.1. The van der Waals surface area contributed by atoms with E-state index < -0.39 is 6.10 Å². The first kappa shape index (κ1) is 21.8. The second-order valence-corrected chi connectivity index (χ2v) is 6.85. The number of rotatable bonds is 12. The maximum Gasteiger partial charge on any atom is 0.220 e. The molecule has 5 heteroatoms. The first-order valence-corrected chi connectivity index (χ1v) is 9.72. The van der Waals surface area contributed by atoms with Crippen molar-refractivity contribution < 1.29 is 14.6 Å². The van der Waals surface area contributed by atoms with Crippen LogP contribution < -0.4 is 10.1 Å². The van der Waals surface area contributed by atoms with Crippen molar-refractivity contribution in [2.45, 2.75) is 77.4 Å². The largest absolute Gasteiger partial charge is 0.495 e. The topological polar surface area (TPSA) is 58.6 Å². The Morgan fingerprint density at radius 1 is 1.20 bits per heavy atom. The third kappa shape index (κ3) is 7.66. The number of carbonyl (C=O) groups excluding carboxylic acids is 1. The lowest BCUT2D eigenvalue weighted by Gasteiger charge is -2.24. The van der Waals surface area contributed by atoms with E-state index in [-0.39, 0.29) is 11.9 Å². The molecule has 1 aromatic carbocycles. The quantitative estimate of drug-likeness (QED) is 0.508. The van der Waals surface area contributed by atoms with Crippen LogP contribution in [0.3, 0.4) is 0 Å². The highest BCUT2D eigenvalue weighted by Gasteiger charge is 2.22. The van der Waals surface area contributed by atoms with E-state index in [0.717, 1.165) is 12.8 Å². The predicted molar refractivity (Wildman–Crippen MR) is 103 cm³/mol. The summed E-state index contributed by atoms with van der Waals surface area (Å²) in [7, 11) is 1.55. The van der Waals surface area contributed by atoms with E-state index in [2.05, 4.69) is 12.2 Å². The Bertz CT molecular complexity index is 522. The van der Waals surface area contributed by atoms with E-state index in [9.17, 15) is 9.90 Å². The number of hydrogen-bond donors (Lipinski definition) is 2. The Kier molecular flexibility index (Phi) is 10.6. The number of halogens is 1. The van der Waals surface area contributed by atoms with Gasteiger partial charge in [-0.3, -0.25) is 4.79 Å². The van der Waals surface area contributed by atoms with E-state index in [1.807, 2.05) is 6.92 Å². The van der Waals surface area contributed by atoms with Crippen LogP contribution >= 0.6 is 11.6 Å². The third-order valence-electron chi connectivity index (χ3n) is 4.44. The summed E-state index contributed by atoms with van der Waals surface area (Å²) in [6, 6.07) is 4.87. The van der Waals surface area contributed by atoms with Crippen LogP contribution in [-0.4, -0.2) is 24.2 Å². The molecule has 0 fully saturated rings. The number of nitrogens with one attached hydrogen (secondary N) is 1. The van der Waals surface area contributed by atoms with Gasteiger partial charge in [0.2, 0.25) is 5.91 Å². The first-order chi connectivity index (χ1) is 12.0. The van der Waals surface area contributed by atoms with Crippen LogP contribution in [0.4, 0.5) is 0 Å².